The van der Waals surface area contributed by atoms with Gasteiger partial charge in [0.05, 0.1) is 5.52 Å². The Morgan fingerprint density at radius 1 is 0.975 bits per heavy atom. The fourth-order valence-electron chi connectivity index (χ4n) is 4.90. The van der Waals surface area contributed by atoms with Crippen LogP contribution in [0.3, 0.4) is 0 Å². The summed E-state index contributed by atoms with van der Waals surface area (Å²) >= 11 is 0. The van der Waals surface area contributed by atoms with Crippen molar-refractivity contribution >= 4 is 75.2 Å². The van der Waals surface area contributed by atoms with Gasteiger partial charge in [0.1, 0.15) is 11.4 Å². The molecule has 4 rings (SSSR count). The maximum atomic E-state index is 13.0. The maximum Gasteiger partial charge on any atom is 0.311 e. The van der Waals surface area contributed by atoms with Crippen molar-refractivity contribution in [1.29, 1.82) is 0 Å². The molecular formula is C29H36Cl2N4O5. The zero-order valence-corrected chi connectivity index (χ0v) is 24.8. The number of hydrogen-bond acceptors (Lipinski definition) is 6. The molecule has 0 radical (unpaired) electrons. The van der Waals surface area contributed by atoms with Crippen LogP contribution in [0.5, 0.6) is 5.75 Å². The summed E-state index contributed by atoms with van der Waals surface area (Å²) in [5.41, 5.74) is 3.45. The first-order valence-corrected chi connectivity index (χ1v) is 12.8. The molecule has 0 aliphatic rings. The van der Waals surface area contributed by atoms with Crippen LogP contribution in [-0.2, 0) is 16.6 Å². The van der Waals surface area contributed by atoms with E-state index in [2.05, 4.69) is 14.9 Å². The highest BCUT2D eigenvalue weighted by molar-refractivity contribution is 6.17. The van der Waals surface area contributed by atoms with Gasteiger partial charge in [-0.15, -0.1) is 24.8 Å². The molecule has 2 N–H and O–H groups in total. The number of carboxylic acid groups (broad SMARTS) is 1. The summed E-state index contributed by atoms with van der Waals surface area (Å²) < 4.78 is 7.72. The number of carboxylic acids is 1. The monoisotopic (exact) mass is 590 g/mol. The van der Waals surface area contributed by atoms with Gasteiger partial charge in [-0.1, -0.05) is 6.42 Å². The predicted molar refractivity (Wildman–Crippen MR) is 162 cm³/mol. The van der Waals surface area contributed by atoms with Crippen LogP contribution in [-0.4, -0.2) is 64.6 Å². The molecule has 0 atom stereocenters. The molecule has 0 fully saturated rings. The number of fused-ring (bicyclic) bond motifs is 4. The lowest BCUT2D eigenvalue weighted by Gasteiger charge is -2.12. The Morgan fingerprint density at radius 3 is 2.40 bits per heavy atom. The highest BCUT2D eigenvalue weighted by Gasteiger charge is 2.19. The third-order valence-electron chi connectivity index (χ3n) is 6.81. The summed E-state index contributed by atoms with van der Waals surface area (Å²) in [6.45, 7) is 3.29. The number of aryl methyl sites for hydroxylation is 2. The highest BCUT2D eigenvalue weighted by Crippen LogP contribution is 2.37. The van der Waals surface area contributed by atoms with E-state index in [1.807, 2.05) is 57.2 Å². The van der Waals surface area contributed by atoms with Crippen molar-refractivity contribution in [2.75, 3.05) is 27.2 Å². The zero-order chi connectivity index (χ0) is 27.4. The molecule has 216 valence electrons. The number of esters is 1. The van der Waals surface area contributed by atoms with E-state index in [4.69, 9.17) is 9.84 Å². The normalized spacial score (nSPS) is 10.9. The van der Waals surface area contributed by atoms with Crippen LogP contribution in [0.1, 0.15) is 48.2 Å². The molecule has 1 amide bonds. The SMILES string of the molecule is Cc1c2ccnc(C(=O)NCCN(C)C)c2cc2c3cc(OC(=O)CCCCCC(=O)O)ccc3n(C)c12.Cl.Cl. The number of aromatic nitrogens is 2. The van der Waals surface area contributed by atoms with E-state index >= 15 is 0 Å². The van der Waals surface area contributed by atoms with Crippen molar-refractivity contribution in [3.05, 3.63) is 47.8 Å². The molecule has 0 aliphatic heterocycles. The number of carbonyl (C=O) groups excluding carboxylic acids is 2. The number of carbonyl (C=O) groups is 3. The van der Waals surface area contributed by atoms with Crippen molar-refractivity contribution in [1.82, 2.24) is 19.8 Å². The Labute approximate surface area is 245 Å². The van der Waals surface area contributed by atoms with Gasteiger partial charge in [0.15, 0.2) is 0 Å². The third kappa shape index (κ3) is 7.21. The number of halogens is 2. The number of nitrogens with zero attached hydrogens (tertiary/aromatic N) is 3. The van der Waals surface area contributed by atoms with Crippen LogP contribution < -0.4 is 10.1 Å². The van der Waals surface area contributed by atoms with Crippen LogP contribution in [0.4, 0.5) is 0 Å². The molecule has 9 nitrogen and oxygen atoms in total. The molecule has 2 aromatic heterocycles. The number of aliphatic carboxylic acids is 1. The van der Waals surface area contributed by atoms with E-state index in [1.165, 1.54) is 0 Å². The minimum Gasteiger partial charge on any atom is -0.481 e. The number of rotatable bonds is 11. The molecule has 0 spiro atoms. The van der Waals surface area contributed by atoms with Gasteiger partial charge in [-0.2, -0.15) is 0 Å². The zero-order valence-electron chi connectivity index (χ0n) is 23.2. The van der Waals surface area contributed by atoms with Crippen molar-refractivity contribution in [2.24, 2.45) is 7.05 Å². The molecule has 4 aromatic rings. The van der Waals surface area contributed by atoms with E-state index in [9.17, 15) is 14.4 Å². The van der Waals surface area contributed by atoms with Crippen LogP contribution >= 0.6 is 24.8 Å². The van der Waals surface area contributed by atoms with E-state index in [-0.39, 0.29) is 49.5 Å². The third-order valence-corrected chi connectivity index (χ3v) is 6.81. The minimum atomic E-state index is -0.827. The van der Waals surface area contributed by atoms with Gasteiger partial charge in [0, 0.05) is 60.9 Å². The van der Waals surface area contributed by atoms with Crippen molar-refractivity contribution in [3.63, 3.8) is 0 Å². The van der Waals surface area contributed by atoms with Crippen molar-refractivity contribution < 1.29 is 24.2 Å². The van der Waals surface area contributed by atoms with Crippen LogP contribution in [0.15, 0.2) is 36.5 Å². The number of nitrogens with one attached hydrogen (secondary N) is 1. The van der Waals surface area contributed by atoms with Gasteiger partial charge in [-0.05, 0) is 75.1 Å². The largest absolute Gasteiger partial charge is 0.481 e. The molecule has 2 heterocycles. The first-order chi connectivity index (χ1) is 18.2. The van der Waals surface area contributed by atoms with Gasteiger partial charge in [0.25, 0.3) is 5.91 Å². The van der Waals surface area contributed by atoms with Crippen LogP contribution in [0, 0.1) is 6.92 Å². The fourth-order valence-corrected chi connectivity index (χ4v) is 4.90. The van der Waals surface area contributed by atoms with Gasteiger partial charge >= 0.3 is 11.9 Å². The number of ether oxygens (including phenoxy) is 1. The Bertz CT molecular complexity index is 1530. The fraction of sp³-hybridized carbons (Fsp3) is 0.379. The summed E-state index contributed by atoms with van der Waals surface area (Å²) in [5, 5.41) is 15.3. The van der Waals surface area contributed by atoms with E-state index in [1.54, 1.807) is 12.3 Å². The average molecular weight is 592 g/mol. The number of unbranched alkanes of at least 4 members (excludes halogenated alkanes) is 2. The molecule has 0 saturated carbocycles. The summed E-state index contributed by atoms with van der Waals surface area (Å²) in [6, 6.07) is 9.51. The lowest BCUT2D eigenvalue weighted by atomic mass is 10.00. The average Bonchev–Trinajstić information content (AvgIpc) is 3.14. The number of pyridine rings is 1. The lowest BCUT2D eigenvalue weighted by Crippen LogP contribution is -2.31. The second-order valence-electron chi connectivity index (χ2n) is 9.88. The van der Waals surface area contributed by atoms with E-state index in [0.717, 1.165) is 44.7 Å². The minimum absolute atomic E-state index is 0. The summed E-state index contributed by atoms with van der Waals surface area (Å²) in [7, 11) is 5.91. The molecule has 0 bridgehead atoms. The summed E-state index contributed by atoms with van der Waals surface area (Å²) in [5.74, 6) is -0.935. The first-order valence-electron chi connectivity index (χ1n) is 12.8. The van der Waals surface area contributed by atoms with Crippen LogP contribution in [0.2, 0.25) is 0 Å². The predicted octanol–water partition coefficient (Wildman–Crippen LogP) is 5.26. The molecule has 0 unspecified atom stereocenters. The number of benzene rings is 2. The van der Waals surface area contributed by atoms with Crippen molar-refractivity contribution in [3.8, 4) is 5.75 Å². The second-order valence-corrected chi connectivity index (χ2v) is 9.88. The Kier molecular flexibility index (Phi) is 11.7. The molecule has 0 aliphatic carbocycles. The summed E-state index contributed by atoms with van der Waals surface area (Å²) in [6.07, 6.45) is 3.80. The lowest BCUT2D eigenvalue weighted by molar-refractivity contribution is -0.137. The Balaban J connectivity index is 0.00000280. The highest BCUT2D eigenvalue weighted by atomic mass is 35.5. The van der Waals surface area contributed by atoms with Gasteiger partial charge < -0.3 is 24.6 Å². The number of likely N-dealkylation sites (N-methyl/N-ethyl adjacent to an activating group) is 1. The number of hydrogen-bond donors (Lipinski definition) is 2. The van der Waals surface area contributed by atoms with Crippen LogP contribution in [0.25, 0.3) is 32.6 Å². The quantitative estimate of drug-likeness (QED) is 0.139. The van der Waals surface area contributed by atoms with Crippen molar-refractivity contribution in [2.45, 2.75) is 39.0 Å². The summed E-state index contributed by atoms with van der Waals surface area (Å²) in [4.78, 5) is 42.4. The maximum absolute atomic E-state index is 13.0. The number of amides is 1. The Hall–Kier alpha value is -3.40. The Morgan fingerprint density at radius 2 is 1.70 bits per heavy atom. The van der Waals surface area contributed by atoms with E-state index in [0.29, 0.717) is 37.3 Å². The molecule has 40 heavy (non-hydrogen) atoms. The molecular weight excluding hydrogens is 555 g/mol. The standard InChI is InChI=1S/C29H34N4O5.2ClH/c1-18-20-12-13-30-27(29(37)31-14-15-32(2)3)22(20)17-23-21-16-19(10-11-24(21)33(4)28(18)23)38-26(36)9-7-5-6-8-25(34)35;;/h10-13,16-17H,5-9,14-15H2,1-4H3,(H,31,37)(H,34,35);2*1H. The first kappa shape index (κ1) is 32.8. The molecule has 11 heteroatoms. The van der Waals surface area contributed by atoms with Gasteiger partial charge in [0.2, 0.25) is 0 Å². The van der Waals surface area contributed by atoms with Gasteiger partial charge in [-0.25, -0.2) is 0 Å². The molecule has 2 aromatic carbocycles. The smallest absolute Gasteiger partial charge is 0.311 e. The van der Waals surface area contributed by atoms with E-state index < -0.39 is 5.97 Å². The molecule has 0 saturated heterocycles. The van der Waals surface area contributed by atoms with Gasteiger partial charge in [-0.3, -0.25) is 19.4 Å². The second kappa shape index (κ2) is 14.3. The topological polar surface area (TPSA) is 114 Å².